The Bertz CT molecular complexity index is 1140. The summed E-state index contributed by atoms with van der Waals surface area (Å²) in [5, 5.41) is 11.3. The molecule has 2 aromatic rings. The lowest BCUT2D eigenvalue weighted by molar-refractivity contribution is -0.0380. The third-order valence-corrected chi connectivity index (χ3v) is 8.97. The summed E-state index contributed by atoms with van der Waals surface area (Å²) < 4.78 is 34.8. The van der Waals surface area contributed by atoms with Crippen LogP contribution in [0.3, 0.4) is 0 Å². The first-order valence-electron chi connectivity index (χ1n) is 16.7. The van der Waals surface area contributed by atoms with Crippen LogP contribution in [-0.4, -0.2) is 57.1 Å². The Hall–Kier alpha value is -2.68. The van der Waals surface area contributed by atoms with Crippen molar-refractivity contribution in [1.82, 2.24) is 0 Å². The van der Waals surface area contributed by atoms with Gasteiger partial charge in [0.2, 0.25) is 0 Å². The minimum Gasteiger partial charge on any atom is -0.497 e. The van der Waals surface area contributed by atoms with Crippen LogP contribution in [0.5, 0.6) is 11.5 Å². The quantitative estimate of drug-likeness (QED) is 0.161. The van der Waals surface area contributed by atoms with Crippen molar-refractivity contribution >= 4 is 0 Å². The van der Waals surface area contributed by atoms with Gasteiger partial charge in [-0.25, -0.2) is 0 Å². The highest BCUT2D eigenvalue weighted by Gasteiger charge is 2.41. The first kappa shape index (κ1) is 35.2. The van der Waals surface area contributed by atoms with E-state index in [1.54, 1.807) is 14.2 Å². The number of benzene rings is 2. The molecule has 2 fully saturated rings. The molecule has 0 bridgehead atoms. The number of rotatable bonds is 19. The van der Waals surface area contributed by atoms with Crippen molar-refractivity contribution in [1.29, 1.82) is 0 Å². The molecule has 1 aliphatic heterocycles. The van der Waals surface area contributed by atoms with Crippen molar-refractivity contribution in [2.45, 2.75) is 96.6 Å². The van der Waals surface area contributed by atoms with Gasteiger partial charge in [-0.1, -0.05) is 81.7 Å². The first-order chi connectivity index (χ1) is 22.0. The van der Waals surface area contributed by atoms with Crippen LogP contribution in [0.15, 0.2) is 72.8 Å². The van der Waals surface area contributed by atoms with Crippen LogP contribution in [0, 0.1) is 17.8 Å². The molecule has 4 rings (SSSR count). The molecule has 0 unspecified atom stereocenters. The van der Waals surface area contributed by atoms with Gasteiger partial charge in [-0.05, 0) is 60.1 Å². The van der Waals surface area contributed by atoms with E-state index in [4.69, 9.17) is 28.4 Å². The summed E-state index contributed by atoms with van der Waals surface area (Å²) >= 11 is 0. The molecule has 248 valence electrons. The fraction of sp³-hybridized carbons (Fsp3) is 0.579. The lowest BCUT2D eigenvalue weighted by Gasteiger charge is -2.24. The molecule has 0 spiro atoms. The zero-order valence-corrected chi connectivity index (χ0v) is 27.6. The predicted octanol–water partition coefficient (Wildman–Crippen LogP) is 7.65. The summed E-state index contributed by atoms with van der Waals surface area (Å²) in [4.78, 5) is 0. The van der Waals surface area contributed by atoms with E-state index in [1.807, 2.05) is 36.4 Å². The summed E-state index contributed by atoms with van der Waals surface area (Å²) in [5.41, 5.74) is 2.20. The second-order valence-corrected chi connectivity index (χ2v) is 12.4. The van der Waals surface area contributed by atoms with Crippen molar-refractivity contribution in [2.24, 2.45) is 17.8 Å². The maximum atomic E-state index is 11.3. The number of aliphatic hydroxyl groups excluding tert-OH is 1. The fourth-order valence-electron chi connectivity index (χ4n) is 6.24. The van der Waals surface area contributed by atoms with E-state index < -0.39 is 6.10 Å². The van der Waals surface area contributed by atoms with Crippen LogP contribution in [0.2, 0.25) is 0 Å². The van der Waals surface area contributed by atoms with Crippen molar-refractivity contribution in [2.75, 3.05) is 27.4 Å². The van der Waals surface area contributed by atoms with Gasteiger partial charge in [0.25, 0.3) is 0 Å². The molecule has 1 saturated carbocycles. The van der Waals surface area contributed by atoms with Gasteiger partial charge in [0.15, 0.2) is 6.29 Å². The standard InChI is InChI=1S/C38H54O7/c1-5-6-9-28(2)24-33(44-26-29-12-16-31(40-3)17-13-29)20-21-35-34(10-7-8-11-38-42-22-23-43-38)36(39)25-37(35)45-27-30-14-18-32(41-4)19-15-30/h7-8,12-21,28,33-39H,5-6,9-11,22-27H2,1-4H3/b8-7-,21-20+/t28-,33+,34+,35+,36-,37+/m0/s1. The average Bonchev–Trinajstić information content (AvgIpc) is 3.70. The molecular weight excluding hydrogens is 568 g/mol. The molecule has 1 saturated heterocycles. The summed E-state index contributed by atoms with van der Waals surface area (Å²) in [7, 11) is 3.35. The summed E-state index contributed by atoms with van der Waals surface area (Å²) in [6.07, 6.45) is 14.7. The predicted molar refractivity (Wildman–Crippen MR) is 177 cm³/mol. The zero-order valence-electron chi connectivity index (χ0n) is 27.6. The lowest BCUT2D eigenvalue weighted by Crippen LogP contribution is -2.23. The van der Waals surface area contributed by atoms with Gasteiger partial charge in [-0.2, -0.15) is 0 Å². The van der Waals surface area contributed by atoms with Crippen molar-refractivity contribution < 1.29 is 33.5 Å². The number of unbranched alkanes of at least 4 members (excludes halogenated alkanes) is 1. The second kappa shape index (κ2) is 19.1. The van der Waals surface area contributed by atoms with Gasteiger partial charge in [-0.3, -0.25) is 0 Å². The monoisotopic (exact) mass is 622 g/mol. The number of methoxy groups -OCH3 is 2. The molecule has 1 N–H and O–H groups in total. The van der Waals surface area contributed by atoms with Crippen LogP contribution in [0.4, 0.5) is 0 Å². The van der Waals surface area contributed by atoms with E-state index in [-0.39, 0.29) is 30.3 Å². The average molecular weight is 623 g/mol. The molecule has 1 aliphatic carbocycles. The third kappa shape index (κ3) is 11.6. The van der Waals surface area contributed by atoms with Crippen LogP contribution in [-0.2, 0) is 32.2 Å². The van der Waals surface area contributed by atoms with Crippen LogP contribution in [0.25, 0.3) is 0 Å². The van der Waals surface area contributed by atoms with E-state index in [0.717, 1.165) is 41.9 Å². The molecule has 0 amide bonds. The van der Waals surface area contributed by atoms with Gasteiger partial charge in [0.05, 0.1) is 59.0 Å². The van der Waals surface area contributed by atoms with Crippen LogP contribution < -0.4 is 9.47 Å². The Morgan fingerprint density at radius 2 is 1.51 bits per heavy atom. The smallest absolute Gasteiger partial charge is 0.161 e. The maximum absolute atomic E-state index is 11.3. The summed E-state index contributed by atoms with van der Waals surface area (Å²) in [5.74, 6) is 2.31. The number of hydrogen-bond acceptors (Lipinski definition) is 7. The normalized spacial score (nSPS) is 23.7. The Kier molecular flexibility index (Phi) is 14.9. The summed E-state index contributed by atoms with van der Waals surface area (Å²) in [6, 6.07) is 16.0. The molecule has 1 heterocycles. The Balaban J connectivity index is 1.47. The second-order valence-electron chi connectivity index (χ2n) is 12.4. The van der Waals surface area contributed by atoms with Crippen molar-refractivity contribution in [3.63, 3.8) is 0 Å². The molecule has 6 atom stereocenters. The topological polar surface area (TPSA) is 75.6 Å². The Labute approximate surface area is 270 Å². The highest BCUT2D eigenvalue weighted by Crippen LogP contribution is 2.39. The first-order valence-corrected chi connectivity index (χ1v) is 16.7. The van der Waals surface area contributed by atoms with E-state index in [0.29, 0.717) is 38.8 Å². The highest BCUT2D eigenvalue weighted by atomic mass is 16.7. The number of allylic oxidation sites excluding steroid dienone is 1. The fourth-order valence-corrected chi connectivity index (χ4v) is 6.24. The molecule has 7 heteroatoms. The Morgan fingerprint density at radius 3 is 2.13 bits per heavy atom. The maximum Gasteiger partial charge on any atom is 0.161 e. The van der Waals surface area contributed by atoms with Gasteiger partial charge in [0, 0.05) is 18.8 Å². The van der Waals surface area contributed by atoms with Crippen molar-refractivity contribution in [3.05, 3.63) is 84.0 Å². The molecule has 2 aliphatic rings. The number of aliphatic hydroxyl groups is 1. The Morgan fingerprint density at radius 1 is 0.889 bits per heavy atom. The largest absolute Gasteiger partial charge is 0.497 e. The van der Waals surface area contributed by atoms with Crippen molar-refractivity contribution in [3.8, 4) is 11.5 Å². The SMILES string of the molecule is CCCC[C@H](C)C[C@@H](/C=C/[C@@H]1[C@@H](C/C=C\CC2OCCO2)[C@@H](O)C[C@H]1OCc1ccc(OC)cc1)OCc1ccc(OC)cc1. The number of hydrogen-bond donors (Lipinski definition) is 1. The van der Waals surface area contributed by atoms with E-state index in [2.05, 4.69) is 50.3 Å². The zero-order chi connectivity index (χ0) is 31.9. The molecule has 7 nitrogen and oxygen atoms in total. The minimum atomic E-state index is -0.453. The lowest BCUT2D eigenvalue weighted by atomic mass is 9.89. The number of ether oxygens (including phenoxy) is 6. The van der Waals surface area contributed by atoms with Crippen LogP contribution in [0.1, 0.15) is 69.9 Å². The molecule has 0 aromatic heterocycles. The molecular formula is C38H54O7. The van der Waals surface area contributed by atoms with Gasteiger partial charge < -0.3 is 33.5 Å². The summed E-state index contributed by atoms with van der Waals surface area (Å²) in [6.45, 7) is 6.87. The van der Waals surface area contributed by atoms with Crippen LogP contribution >= 0.6 is 0 Å². The van der Waals surface area contributed by atoms with E-state index in [9.17, 15) is 5.11 Å². The van der Waals surface area contributed by atoms with Gasteiger partial charge in [0.1, 0.15) is 11.5 Å². The molecule has 45 heavy (non-hydrogen) atoms. The van der Waals surface area contributed by atoms with Gasteiger partial charge in [-0.15, -0.1) is 0 Å². The minimum absolute atomic E-state index is 0.0354. The van der Waals surface area contributed by atoms with E-state index >= 15 is 0 Å². The highest BCUT2D eigenvalue weighted by molar-refractivity contribution is 5.27. The third-order valence-electron chi connectivity index (χ3n) is 8.97. The van der Waals surface area contributed by atoms with E-state index in [1.165, 1.54) is 19.3 Å². The molecule has 2 aromatic carbocycles. The molecule has 0 radical (unpaired) electrons. The van der Waals surface area contributed by atoms with Gasteiger partial charge >= 0.3 is 0 Å².